The van der Waals surface area contributed by atoms with Crippen LogP contribution in [-0.4, -0.2) is 6.29 Å². The zero-order valence-corrected chi connectivity index (χ0v) is 8.09. The Labute approximate surface area is 75.9 Å². The highest BCUT2D eigenvalue weighted by Gasteiger charge is 1.87. The fourth-order valence-corrected chi connectivity index (χ4v) is 1.13. The average molecular weight is 168 g/mol. The zero-order chi connectivity index (χ0) is 9.07. The van der Waals surface area contributed by atoms with Crippen LogP contribution < -0.4 is 0 Å². The van der Waals surface area contributed by atoms with Gasteiger partial charge < -0.3 is 4.79 Å². The van der Waals surface area contributed by atoms with E-state index in [1.165, 1.54) is 25.7 Å². The summed E-state index contributed by atoms with van der Waals surface area (Å²) < 4.78 is 0. The van der Waals surface area contributed by atoms with Crippen LogP contribution in [0.4, 0.5) is 0 Å². The molecule has 0 atom stereocenters. The van der Waals surface area contributed by atoms with Gasteiger partial charge in [-0.25, -0.2) is 0 Å². The van der Waals surface area contributed by atoms with Crippen LogP contribution in [-0.2, 0) is 4.79 Å². The maximum absolute atomic E-state index is 9.97. The highest BCUT2D eigenvalue weighted by atomic mass is 16.1. The topological polar surface area (TPSA) is 17.1 Å². The zero-order valence-electron chi connectivity index (χ0n) is 8.09. The first-order valence-electron chi connectivity index (χ1n) is 5.00. The number of hydrogen-bond acceptors (Lipinski definition) is 1. The predicted molar refractivity (Wildman–Crippen MR) is 53.2 cm³/mol. The molecule has 1 nitrogen and oxygen atoms in total. The summed E-state index contributed by atoms with van der Waals surface area (Å²) in [6.07, 6.45) is 13.4. The molecule has 0 aliphatic rings. The van der Waals surface area contributed by atoms with Crippen molar-refractivity contribution >= 4 is 6.29 Å². The van der Waals surface area contributed by atoms with Crippen molar-refractivity contribution in [1.29, 1.82) is 0 Å². The van der Waals surface area contributed by atoms with Gasteiger partial charge >= 0.3 is 0 Å². The molecule has 0 aliphatic heterocycles. The molecule has 0 aromatic heterocycles. The number of carbonyl (C=O) groups excluding carboxylic acids is 1. The second-order valence-corrected chi connectivity index (χ2v) is 3.04. The summed E-state index contributed by atoms with van der Waals surface area (Å²) in [5.41, 5.74) is 0. The number of carbonyl (C=O) groups is 1. The molecular formula is C11H20O. The summed E-state index contributed by atoms with van der Waals surface area (Å²) in [5.74, 6) is 0. The first-order valence-corrected chi connectivity index (χ1v) is 5.00. The third-order valence-electron chi connectivity index (χ3n) is 1.85. The van der Waals surface area contributed by atoms with Gasteiger partial charge in [-0.1, -0.05) is 31.9 Å². The van der Waals surface area contributed by atoms with Crippen LogP contribution >= 0.6 is 0 Å². The molecule has 0 rings (SSSR count). The van der Waals surface area contributed by atoms with Gasteiger partial charge in [0.2, 0.25) is 0 Å². The van der Waals surface area contributed by atoms with Gasteiger partial charge in [-0.3, -0.25) is 0 Å². The fourth-order valence-electron chi connectivity index (χ4n) is 1.13. The number of unbranched alkanes of at least 4 members (excludes halogenated alkanes) is 5. The van der Waals surface area contributed by atoms with E-state index in [4.69, 9.17) is 0 Å². The Kier molecular flexibility index (Phi) is 9.90. The Morgan fingerprint density at radius 2 is 1.58 bits per heavy atom. The minimum atomic E-state index is 0.741. The maximum Gasteiger partial charge on any atom is 0.119 e. The lowest BCUT2D eigenvalue weighted by Crippen LogP contribution is -1.78. The second-order valence-electron chi connectivity index (χ2n) is 3.04. The molecule has 12 heavy (non-hydrogen) atoms. The fraction of sp³-hybridized carbons (Fsp3) is 0.727. The molecule has 0 unspecified atom stereocenters. The van der Waals surface area contributed by atoms with Crippen molar-refractivity contribution in [1.82, 2.24) is 0 Å². The van der Waals surface area contributed by atoms with Crippen molar-refractivity contribution in [2.75, 3.05) is 0 Å². The molecule has 0 bridgehead atoms. The molecular weight excluding hydrogens is 148 g/mol. The SMILES string of the molecule is CC/C=C/CCCCCCC=O. The summed E-state index contributed by atoms with van der Waals surface area (Å²) in [6.45, 7) is 2.15. The standard InChI is InChI=1S/C11H20O/c1-2-3-4-5-6-7-8-9-10-11-12/h3-4,11H,2,5-10H2,1H3/b4-3+. The van der Waals surface area contributed by atoms with Gasteiger partial charge in [-0.2, -0.15) is 0 Å². The van der Waals surface area contributed by atoms with E-state index in [2.05, 4.69) is 19.1 Å². The van der Waals surface area contributed by atoms with Gasteiger partial charge in [0.1, 0.15) is 6.29 Å². The number of aldehydes is 1. The first kappa shape index (κ1) is 11.4. The van der Waals surface area contributed by atoms with Crippen LogP contribution in [0.2, 0.25) is 0 Å². The van der Waals surface area contributed by atoms with Gasteiger partial charge in [0.25, 0.3) is 0 Å². The van der Waals surface area contributed by atoms with Gasteiger partial charge in [0.15, 0.2) is 0 Å². The Hall–Kier alpha value is -0.590. The third-order valence-corrected chi connectivity index (χ3v) is 1.85. The molecule has 0 saturated carbocycles. The molecule has 1 heteroatoms. The largest absolute Gasteiger partial charge is 0.303 e. The molecule has 0 radical (unpaired) electrons. The quantitative estimate of drug-likeness (QED) is 0.308. The molecule has 0 aromatic carbocycles. The van der Waals surface area contributed by atoms with E-state index in [-0.39, 0.29) is 0 Å². The number of allylic oxidation sites excluding steroid dienone is 2. The smallest absolute Gasteiger partial charge is 0.119 e. The van der Waals surface area contributed by atoms with Crippen molar-refractivity contribution in [2.45, 2.75) is 51.9 Å². The molecule has 0 N–H and O–H groups in total. The average Bonchev–Trinajstić information content (AvgIpc) is 2.10. The maximum atomic E-state index is 9.97. The monoisotopic (exact) mass is 168 g/mol. The second kappa shape index (κ2) is 10.4. The van der Waals surface area contributed by atoms with E-state index in [1.807, 2.05) is 0 Å². The Morgan fingerprint density at radius 1 is 0.917 bits per heavy atom. The van der Waals surface area contributed by atoms with Gasteiger partial charge in [-0.05, 0) is 25.7 Å². The van der Waals surface area contributed by atoms with E-state index in [0.29, 0.717) is 0 Å². The Balaban J connectivity index is 2.90. The molecule has 0 aliphatic carbocycles. The summed E-state index contributed by atoms with van der Waals surface area (Å²) in [6, 6.07) is 0. The summed E-state index contributed by atoms with van der Waals surface area (Å²) in [7, 11) is 0. The van der Waals surface area contributed by atoms with E-state index in [1.54, 1.807) is 0 Å². The number of hydrogen-bond donors (Lipinski definition) is 0. The van der Waals surface area contributed by atoms with E-state index in [0.717, 1.165) is 25.5 Å². The van der Waals surface area contributed by atoms with E-state index < -0.39 is 0 Å². The summed E-state index contributed by atoms with van der Waals surface area (Å²) in [4.78, 5) is 9.97. The van der Waals surface area contributed by atoms with Crippen LogP contribution in [0.5, 0.6) is 0 Å². The van der Waals surface area contributed by atoms with Crippen LogP contribution in [0.25, 0.3) is 0 Å². The number of rotatable bonds is 8. The highest BCUT2D eigenvalue weighted by molar-refractivity contribution is 5.48. The lowest BCUT2D eigenvalue weighted by molar-refractivity contribution is -0.107. The van der Waals surface area contributed by atoms with Crippen molar-refractivity contribution in [3.05, 3.63) is 12.2 Å². The minimum Gasteiger partial charge on any atom is -0.303 e. The lowest BCUT2D eigenvalue weighted by atomic mass is 10.1. The minimum absolute atomic E-state index is 0.741. The molecule has 0 saturated heterocycles. The van der Waals surface area contributed by atoms with E-state index in [9.17, 15) is 4.79 Å². The molecule has 0 aromatic rings. The molecule has 70 valence electrons. The first-order chi connectivity index (χ1) is 5.91. The van der Waals surface area contributed by atoms with Crippen molar-refractivity contribution in [3.8, 4) is 0 Å². The van der Waals surface area contributed by atoms with Gasteiger partial charge in [0, 0.05) is 6.42 Å². The van der Waals surface area contributed by atoms with Crippen LogP contribution in [0.3, 0.4) is 0 Å². The van der Waals surface area contributed by atoms with Crippen LogP contribution in [0.1, 0.15) is 51.9 Å². The van der Waals surface area contributed by atoms with Crippen molar-refractivity contribution in [2.24, 2.45) is 0 Å². The molecule has 0 fully saturated rings. The molecule has 0 spiro atoms. The normalized spacial score (nSPS) is 10.8. The third kappa shape index (κ3) is 9.41. The van der Waals surface area contributed by atoms with Crippen LogP contribution in [0, 0.1) is 0 Å². The van der Waals surface area contributed by atoms with Crippen molar-refractivity contribution in [3.63, 3.8) is 0 Å². The van der Waals surface area contributed by atoms with E-state index >= 15 is 0 Å². The van der Waals surface area contributed by atoms with Crippen LogP contribution in [0.15, 0.2) is 12.2 Å². The van der Waals surface area contributed by atoms with Gasteiger partial charge in [-0.15, -0.1) is 0 Å². The predicted octanol–water partition coefficient (Wildman–Crippen LogP) is 3.49. The summed E-state index contributed by atoms with van der Waals surface area (Å²) in [5, 5.41) is 0. The lowest BCUT2D eigenvalue weighted by Gasteiger charge is -1.95. The highest BCUT2D eigenvalue weighted by Crippen LogP contribution is 2.04. The summed E-state index contributed by atoms with van der Waals surface area (Å²) >= 11 is 0. The molecule has 0 amide bonds. The van der Waals surface area contributed by atoms with Crippen molar-refractivity contribution < 1.29 is 4.79 Å². The van der Waals surface area contributed by atoms with Gasteiger partial charge in [0.05, 0.1) is 0 Å². The Bertz CT molecular complexity index is 116. The Morgan fingerprint density at radius 3 is 2.17 bits per heavy atom. The molecule has 0 heterocycles.